The molecule has 82 valence electrons. The standard InChI is InChI=1S/C10H16N4O/c1-8-7-9(13-10(11)12-8)14-3-2-5-15-6-4-14/h7H,2-6H2,1H3,(H2,11,12,13). The third-order valence-corrected chi connectivity index (χ3v) is 2.40. The highest BCUT2D eigenvalue weighted by molar-refractivity contribution is 5.43. The van der Waals surface area contributed by atoms with Crippen LogP contribution in [0.5, 0.6) is 0 Å². The molecule has 15 heavy (non-hydrogen) atoms. The molecule has 5 nitrogen and oxygen atoms in total. The molecule has 0 atom stereocenters. The van der Waals surface area contributed by atoms with Gasteiger partial charge in [-0.2, -0.15) is 4.98 Å². The third kappa shape index (κ3) is 2.56. The predicted octanol–water partition coefficient (Wildman–Crippen LogP) is 0.594. The Kier molecular flexibility index (Phi) is 3.01. The molecule has 1 aliphatic heterocycles. The van der Waals surface area contributed by atoms with Crippen molar-refractivity contribution in [1.82, 2.24) is 9.97 Å². The SMILES string of the molecule is Cc1cc(N2CCCOCC2)nc(N)n1. The van der Waals surface area contributed by atoms with E-state index in [0.29, 0.717) is 5.95 Å². The maximum atomic E-state index is 5.63. The molecule has 0 amide bonds. The maximum absolute atomic E-state index is 5.63. The van der Waals surface area contributed by atoms with Gasteiger partial charge in [0.1, 0.15) is 5.82 Å². The van der Waals surface area contributed by atoms with E-state index in [0.717, 1.165) is 44.2 Å². The Morgan fingerprint density at radius 1 is 1.33 bits per heavy atom. The van der Waals surface area contributed by atoms with Crippen LogP contribution in [0.4, 0.5) is 11.8 Å². The van der Waals surface area contributed by atoms with Crippen molar-refractivity contribution in [3.05, 3.63) is 11.8 Å². The largest absolute Gasteiger partial charge is 0.380 e. The van der Waals surface area contributed by atoms with Gasteiger partial charge in [0.25, 0.3) is 0 Å². The molecule has 0 spiro atoms. The van der Waals surface area contributed by atoms with E-state index in [1.165, 1.54) is 0 Å². The molecule has 0 aromatic carbocycles. The number of nitrogen functional groups attached to an aromatic ring is 1. The van der Waals surface area contributed by atoms with Crippen LogP contribution in [0.3, 0.4) is 0 Å². The van der Waals surface area contributed by atoms with Crippen molar-refractivity contribution in [2.75, 3.05) is 36.9 Å². The molecule has 0 bridgehead atoms. The lowest BCUT2D eigenvalue weighted by Crippen LogP contribution is -2.27. The molecule has 0 saturated carbocycles. The van der Waals surface area contributed by atoms with Crippen molar-refractivity contribution in [3.63, 3.8) is 0 Å². The summed E-state index contributed by atoms with van der Waals surface area (Å²) >= 11 is 0. The number of hydrogen-bond acceptors (Lipinski definition) is 5. The first-order valence-corrected chi connectivity index (χ1v) is 5.19. The summed E-state index contributed by atoms with van der Waals surface area (Å²) in [6, 6.07) is 1.96. The number of anilines is 2. The van der Waals surface area contributed by atoms with Gasteiger partial charge in [0, 0.05) is 31.5 Å². The summed E-state index contributed by atoms with van der Waals surface area (Å²) in [6.07, 6.45) is 1.03. The summed E-state index contributed by atoms with van der Waals surface area (Å²) in [5.41, 5.74) is 6.53. The third-order valence-electron chi connectivity index (χ3n) is 2.40. The highest BCUT2D eigenvalue weighted by atomic mass is 16.5. The van der Waals surface area contributed by atoms with Crippen LogP contribution in [-0.2, 0) is 4.74 Å². The molecule has 0 aliphatic carbocycles. The molecule has 1 saturated heterocycles. The summed E-state index contributed by atoms with van der Waals surface area (Å²) in [4.78, 5) is 10.5. The topological polar surface area (TPSA) is 64.3 Å². The van der Waals surface area contributed by atoms with E-state index in [9.17, 15) is 0 Å². The fourth-order valence-electron chi connectivity index (χ4n) is 1.71. The number of rotatable bonds is 1. The number of aryl methyl sites for hydroxylation is 1. The van der Waals surface area contributed by atoms with Crippen molar-refractivity contribution < 1.29 is 4.74 Å². The van der Waals surface area contributed by atoms with E-state index >= 15 is 0 Å². The second-order valence-corrected chi connectivity index (χ2v) is 3.68. The van der Waals surface area contributed by atoms with E-state index in [1.807, 2.05) is 13.0 Å². The molecule has 1 aliphatic rings. The van der Waals surface area contributed by atoms with E-state index in [4.69, 9.17) is 10.5 Å². The maximum Gasteiger partial charge on any atom is 0.222 e. The molecular weight excluding hydrogens is 192 g/mol. The average molecular weight is 208 g/mol. The molecule has 2 N–H and O–H groups in total. The van der Waals surface area contributed by atoms with Gasteiger partial charge in [-0.3, -0.25) is 0 Å². The van der Waals surface area contributed by atoms with Gasteiger partial charge in [0.05, 0.1) is 6.61 Å². The molecule has 5 heteroatoms. The van der Waals surface area contributed by atoms with Gasteiger partial charge in [-0.1, -0.05) is 0 Å². The van der Waals surface area contributed by atoms with E-state index in [-0.39, 0.29) is 0 Å². The van der Waals surface area contributed by atoms with Crippen molar-refractivity contribution in [1.29, 1.82) is 0 Å². The van der Waals surface area contributed by atoms with Crippen molar-refractivity contribution in [2.24, 2.45) is 0 Å². The number of nitrogens with zero attached hydrogens (tertiary/aromatic N) is 3. The Morgan fingerprint density at radius 3 is 3.00 bits per heavy atom. The molecule has 1 aromatic rings. The van der Waals surface area contributed by atoms with Crippen LogP contribution in [-0.4, -0.2) is 36.3 Å². The van der Waals surface area contributed by atoms with E-state index in [2.05, 4.69) is 14.9 Å². The van der Waals surface area contributed by atoms with Crippen LogP contribution in [0, 0.1) is 6.92 Å². The minimum absolute atomic E-state index is 0.343. The lowest BCUT2D eigenvalue weighted by Gasteiger charge is -2.20. The van der Waals surface area contributed by atoms with E-state index < -0.39 is 0 Å². The highest BCUT2D eigenvalue weighted by Crippen LogP contribution is 2.14. The van der Waals surface area contributed by atoms with E-state index in [1.54, 1.807) is 0 Å². The van der Waals surface area contributed by atoms with Crippen molar-refractivity contribution in [3.8, 4) is 0 Å². The Bertz CT molecular complexity index is 314. The summed E-state index contributed by atoms with van der Waals surface area (Å²) < 4.78 is 5.39. The second-order valence-electron chi connectivity index (χ2n) is 3.68. The quantitative estimate of drug-likeness (QED) is 0.732. The van der Waals surface area contributed by atoms with Crippen molar-refractivity contribution >= 4 is 11.8 Å². The minimum Gasteiger partial charge on any atom is -0.380 e. The number of hydrogen-bond donors (Lipinski definition) is 1. The molecule has 1 fully saturated rings. The first-order chi connectivity index (χ1) is 7.25. The fraction of sp³-hybridized carbons (Fsp3) is 0.600. The van der Waals surface area contributed by atoms with Crippen LogP contribution in [0.15, 0.2) is 6.07 Å². The molecular formula is C10H16N4O. The average Bonchev–Trinajstić information content (AvgIpc) is 2.43. The highest BCUT2D eigenvalue weighted by Gasteiger charge is 2.12. The Labute approximate surface area is 89.3 Å². The molecule has 0 radical (unpaired) electrons. The minimum atomic E-state index is 0.343. The van der Waals surface area contributed by atoms with Gasteiger partial charge in [-0.05, 0) is 13.3 Å². The van der Waals surface area contributed by atoms with Crippen molar-refractivity contribution in [2.45, 2.75) is 13.3 Å². The Morgan fingerprint density at radius 2 is 2.20 bits per heavy atom. The molecule has 0 unspecified atom stereocenters. The second kappa shape index (κ2) is 4.44. The lowest BCUT2D eigenvalue weighted by molar-refractivity contribution is 0.152. The summed E-state index contributed by atoms with van der Waals surface area (Å²) in [5.74, 6) is 1.25. The van der Waals surface area contributed by atoms with Crippen LogP contribution < -0.4 is 10.6 Å². The number of aromatic nitrogens is 2. The molecule has 2 rings (SSSR count). The smallest absolute Gasteiger partial charge is 0.222 e. The van der Waals surface area contributed by atoms with Gasteiger partial charge < -0.3 is 15.4 Å². The first kappa shape index (κ1) is 10.2. The predicted molar refractivity (Wildman–Crippen MR) is 58.8 cm³/mol. The summed E-state index contributed by atoms with van der Waals surface area (Å²) in [7, 11) is 0. The first-order valence-electron chi connectivity index (χ1n) is 5.19. The van der Waals surface area contributed by atoms with Gasteiger partial charge in [-0.25, -0.2) is 4.98 Å². The van der Waals surface area contributed by atoms with Gasteiger partial charge in [0.2, 0.25) is 5.95 Å². The summed E-state index contributed by atoms with van der Waals surface area (Å²) in [6.45, 7) is 5.35. The fourth-order valence-corrected chi connectivity index (χ4v) is 1.71. The zero-order valence-electron chi connectivity index (χ0n) is 8.94. The molecule has 1 aromatic heterocycles. The zero-order valence-corrected chi connectivity index (χ0v) is 8.94. The van der Waals surface area contributed by atoms with Gasteiger partial charge >= 0.3 is 0 Å². The number of ether oxygens (including phenoxy) is 1. The Balaban J connectivity index is 2.19. The van der Waals surface area contributed by atoms with Crippen LogP contribution >= 0.6 is 0 Å². The monoisotopic (exact) mass is 208 g/mol. The molecule has 2 heterocycles. The Hall–Kier alpha value is -1.36. The normalized spacial score (nSPS) is 17.5. The lowest BCUT2D eigenvalue weighted by atomic mass is 10.3. The van der Waals surface area contributed by atoms with Crippen LogP contribution in [0.1, 0.15) is 12.1 Å². The van der Waals surface area contributed by atoms with Crippen LogP contribution in [0.2, 0.25) is 0 Å². The van der Waals surface area contributed by atoms with Gasteiger partial charge in [-0.15, -0.1) is 0 Å². The zero-order chi connectivity index (χ0) is 10.7. The van der Waals surface area contributed by atoms with Crippen LogP contribution in [0.25, 0.3) is 0 Å². The number of nitrogens with two attached hydrogens (primary N) is 1. The van der Waals surface area contributed by atoms with Gasteiger partial charge in [0.15, 0.2) is 0 Å². The summed E-state index contributed by atoms with van der Waals surface area (Å²) in [5, 5.41) is 0.